The maximum Gasteiger partial charge on any atom is 0.211 e. The first-order valence-corrected chi connectivity index (χ1v) is 18.7. The van der Waals surface area contributed by atoms with Crippen molar-refractivity contribution >= 4 is 76.8 Å². The molecule has 0 N–H and O–H groups in total. The summed E-state index contributed by atoms with van der Waals surface area (Å²) in [5.41, 5.74) is 11.7. The lowest BCUT2D eigenvalue weighted by Gasteiger charge is -2.20. The Hall–Kier alpha value is -8.37. The number of rotatable bonds is 4. The minimum absolute atomic E-state index is 0.480. The smallest absolute Gasteiger partial charge is 0.211 e. The molecule has 0 bridgehead atoms. The van der Waals surface area contributed by atoms with Crippen LogP contribution < -0.4 is 0 Å². The Morgan fingerprint density at radius 2 is 0.912 bits per heavy atom. The van der Waals surface area contributed by atoms with Crippen molar-refractivity contribution in [2.75, 3.05) is 0 Å². The second-order valence-corrected chi connectivity index (χ2v) is 14.2. The van der Waals surface area contributed by atoms with Gasteiger partial charge >= 0.3 is 0 Å². The standard InChI is InChI=1S/C51H28N6/c1-53-33-25-28-48-42(29-33)38-17-6-10-24-47(38)56(48)51-41(19-12-20-43(51)54-2)40-18-11-13-32(31-52)50(40)57-46-23-9-5-16-37(46)39-27-26-34(30-49(39)57)55-44-21-7-3-14-35(44)36-15-4-8-22-45(36)55/h3-30H. The molecular weight excluding hydrogens is 697 g/mol. The van der Waals surface area contributed by atoms with Crippen molar-refractivity contribution in [1.29, 1.82) is 5.26 Å². The third-order valence-electron chi connectivity index (χ3n) is 11.3. The summed E-state index contributed by atoms with van der Waals surface area (Å²) >= 11 is 0. The molecule has 8 aromatic carbocycles. The summed E-state index contributed by atoms with van der Waals surface area (Å²) in [4.78, 5) is 7.82. The van der Waals surface area contributed by atoms with Gasteiger partial charge in [-0.05, 0) is 65.5 Å². The van der Waals surface area contributed by atoms with Crippen molar-refractivity contribution < 1.29 is 0 Å². The van der Waals surface area contributed by atoms with Gasteiger partial charge in [-0.25, -0.2) is 9.69 Å². The molecule has 0 radical (unpaired) electrons. The molecule has 0 unspecified atom stereocenters. The van der Waals surface area contributed by atoms with E-state index in [1.807, 2.05) is 60.7 Å². The highest BCUT2D eigenvalue weighted by atomic mass is 15.0. The van der Waals surface area contributed by atoms with Gasteiger partial charge in [0.2, 0.25) is 5.69 Å². The Morgan fingerprint density at radius 3 is 1.51 bits per heavy atom. The molecule has 0 spiro atoms. The van der Waals surface area contributed by atoms with E-state index in [0.717, 1.165) is 82.8 Å². The number of benzene rings is 8. The summed E-state index contributed by atoms with van der Waals surface area (Å²) in [6, 6.07) is 60.1. The van der Waals surface area contributed by atoms with E-state index < -0.39 is 0 Å². The van der Waals surface area contributed by atoms with Gasteiger partial charge in [0, 0.05) is 38.2 Å². The molecule has 0 amide bonds. The quantitative estimate of drug-likeness (QED) is 0.167. The lowest BCUT2D eigenvalue weighted by molar-refractivity contribution is 1.14. The summed E-state index contributed by atoms with van der Waals surface area (Å²) in [6.45, 7) is 16.2. The topological polar surface area (TPSA) is 47.3 Å². The normalized spacial score (nSPS) is 11.5. The van der Waals surface area contributed by atoms with Gasteiger partial charge in [0.1, 0.15) is 6.07 Å². The molecule has 6 heteroatoms. The third-order valence-corrected chi connectivity index (χ3v) is 11.3. The van der Waals surface area contributed by atoms with Crippen molar-refractivity contribution in [2.45, 2.75) is 0 Å². The van der Waals surface area contributed by atoms with Crippen LogP contribution in [0, 0.1) is 24.5 Å². The maximum absolute atomic E-state index is 10.9. The average molecular weight is 725 g/mol. The molecule has 0 aliphatic heterocycles. The predicted octanol–water partition coefficient (Wildman–Crippen LogP) is 13.6. The van der Waals surface area contributed by atoms with E-state index in [2.05, 4.69) is 139 Å². The molecule has 0 fully saturated rings. The van der Waals surface area contributed by atoms with Gasteiger partial charge in [0.25, 0.3) is 0 Å². The largest absolute Gasteiger partial charge is 0.318 e. The van der Waals surface area contributed by atoms with Crippen LogP contribution >= 0.6 is 0 Å². The number of hydrogen-bond acceptors (Lipinski definition) is 1. The van der Waals surface area contributed by atoms with E-state index in [9.17, 15) is 5.26 Å². The third kappa shape index (κ3) is 4.55. The van der Waals surface area contributed by atoms with Crippen molar-refractivity contribution in [3.8, 4) is 34.3 Å². The van der Waals surface area contributed by atoms with Gasteiger partial charge in [-0.1, -0.05) is 115 Å². The van der Waals surface area contributed by atoms with Crippen LogP contribution in [0.25, 0.3) is 103 Å². The summed E-state index contributed by atoms with van der Waals surface area (Å²) in [7, 11) is 0. The highest BCUT2D eigenvalue weighted by Gasteiger charge is 2.24. The van der Waals surface area contributed by atoms with Gasteiger partial charge in [0.15, 0.2) is 5.69 Å². The second-order valence-electron chi connectivity index (χ2n) is 14.2. The highest BCUT2D eigenvalue weighted by molar-refractivity contribution is 6.14. The number of nitriles is 1. The Bertz CT molecular complexity index is 3580. The fourth-order valence-corrected chi connectivity index (χ4v) is 8.98. The monoisotopic (exact) mass is 724 g/mol. The first kappa shape index (κ1) is 32.1. The second kappa shape index (κ2) is 12.3. The zero-order chi connectivity index (χ0) is 38.2. The molecule has 11 aromatic rings. The lowest BCUT2D eigenvalue weighted by Crippen LogP contribution is -2.04. The Kier molecular flexibility index (Phi) is 6.95. The minimum Gasteiger partial charge on any atom is -0.318 e. The number of para-hydroxylation sites is 6. The predicted molar refractivity (Wildman–Crippen MR) is 232 cm³/mol. The Labute approximate surface area is 327 Å². The van der Waals surface area contributed by atoms with Crippen molar-refractivity contribution in [3.05, 3.63) is 198 Å². The van der Waals surface area contributed by atoms with Gasteiger partial charge in [-0.15, -0.1) is 0 Å². The van der Waals surface area contributed by atoms with Gasteiger partial charge in [-0.2, -0.15) is 5.26 Å². The summed E-state index contributed by atoms with van der Waals surface area (Å²) in [5.74, 6) is 0. The van der Waals surface area contributed by atoms with Gasteiger partial charge in [0.05, 0.1) is 63.2 Å². The lowest BCUT2D eigenvalue weighted by atomic mass is 9.97. The molecular formula is C51H28N6. The molecule has 3 aromatic heterocycles. The van der Waals surface area contributed by atoms with Crippen LogP contribution in [0.15, 0.2) is 170 Å². The number of hydrogen-bond donors (Lipinski definition) is 0. The van der Waals surface area contributed by atoms with Gasteiger partial charge in [-0.3, -0.25) is 0 Å². The molecule has 0 aliphatic rings. The number of fused-ring (bicyclic) bond motifs is 9. The van der Waals surface area contributed by atoms with E-state index in [4.69, 9.17) is 13.1 Å². The molecule has 0 atom stereocenters. The van der Waals surface area contributed by atoms with E-state index in [1.165, 1.54) is 10.8 Å². The van der Waals surface area contributed by atoms with Gasteiger partial charge < -0.3 is 13.7 Å². The molecule has 11 rings (SSSR count). The van der Waals surface area contributed by atoms with Crippen molar-refractivity contribution in [1.82, 2.24) is 13.7 Å². The summed E-state index contributed by atoms with van der Waals surface area (Å²) in [5, 5.41) is 17.4. The Morgan fingerprint density at radius 1 is 0.404 bits per heavy atom. The van der Waals surface area contributed by atoms with Crippen LogP contribution in [0.3, 0.4) is 0 Å². The molecule has 0 saturated heterocycles. The summed E-state index contributed by atoms with van der Waals surface area (Å²) in [6.07, 6.45) is 0. The highest BCUT2D eigenvalue weighted by Crippen LogP contribution is 2.45. The van der Waals surface area contributed by atoms with Crippen LogP contribution in [0.4, 0.5) is 11.4 Å². The molecule has 262 valence electrons. The van der Waals surface area contributed by atoms with Crippen LogP contribution in [0.2, 0.25) is 0 Å². The maximum atomic E-state index is 10.9. The SMILES string of the molecule is [C-]#[N+]c1ccc2c(c1)c1ccccc1n2-c1c([N+]#[C-])cccc1-c1cccc(C#N)c1-n1c2ccccc2c2ccc(-n3c4ccccc4c4ccccc43)cc21. The van der Waals surface area contributed by atoms with Crippen molar-refractivity contribution in [3.63, 3.8) is 0 Å². The van der Waals surface area contributed by atoms with Crippen molar-refractivity contribution in [2.24, 2.45) is 0 Å². The molecule has 0 aliphatic carbocycles. The first-order chi connectivity index (χ1) is 28.2. The zero-order valence-corrected chi connectivity index (χ0v) is 30.3. The van der Waals surface area contributed by atoms with Crippen LogP contribution in [-0.2, 0) is 0 Å². The molecule has 3 heterocycles. The van der Waals surface area contributed by atoms with E-state index in [0.29, 0.717) is 16.9 Å². The molecule has 6 nitrogen and oxygen atoms in total. The fourth-order valence-electron chi connectivity index (χ4n) is 8.98. The van der Waals surface area contributed by atoms with Crippen LogP contribution in [0.5, 0.6) is 0 Å². The average Bonchev–Trinajstić information content (AvgIpc) is 3.90. The van der Waals surface area contributed by atoms with Crippen LogP contribution in [0.1, 0.15) is 5.56 Å². The number of nitrogens with zero attached hydrogens (tertiary/aromatic N) is 6. The van der Waals surface area contributed by atoms with Crippen LogP contribution in [-0.4, -0.2) is 13.7 Å². The molecule has 57 heavy (non-hydrogen) atoms. The number of aromatic nitrogens is 3. The van der Waals surface area contributed by atoms with E-state index in [-0.39, 0.29) is 0 Å². The summed E-state index contributed by atoms with van der Waals surface area (Å²) < 4.78 is 6.70. The Balaban J connectivity index is 1.25. The van der Waals surface area contributed by atoms with E-state index in [1.54, 1.807) is 0 Å². The van der Waals surface area contributed by atoms with E-state index >= 15 is 0 Å². The molecule has 0 saturated carbocycles. The minimum atomic E-state index is 0.480. The fraction of sp³-hybridized carbons (Fsp3) is 0. The first-order valence-electron chi connectivity index (χ1n) is 18.7. The zero-order valence-electron chi connectivity index (χ0n) is 30.3.